The van der Waals surface area contributed by atoms with Crippen LogP contribution in [0, 0.1) is 18.1 Å². The fourth-order valence-corrected chi connectivity index (χ4v) is 1.40. The third-order valence-corrected chi connectivity index (χ3v) is 2.02. The van der Waals surface area contributed by atoms with Crippen molar-refractivity contribution in [3.63, 3.8) is 0 Å². The molecule has 2 heteroatoms. The van der Waals surface area contributed by atoms with Crippen molar-refractivity contribution >= 4 is 6.08 Å². The minimum absolute atomic E-state index is 0.527. The molecule has 0 radical (unpaired) electrons. The van der Waals surface area contributed by atoms with Gasteiger partial charge in [0, 0.05) is 48.4 Å². The van der Waals surface area contributed by atoms with Crippen LogP contribution < -0.4 is 0 Å². The van der Waals surface area contributed by atoms with Crippen molar-refractivity contribution in [1.82, 2.24) is 0 Å². The average Bonchev–Trinajstić information content (AvgIpc) is 2.17. The molecule has 0 aliphatic heterocycles. The Morgan fingerprint density at radius 2 is 1.73 bits per heavy atom. The quantitative estimate of drug-likeness (QED) is 0.611. The molecule has 0 N–H and O–H groups in total. The van der Waals surface area contributed by atoms with Crippen LogP contribution in [0.2, 0.25) is 0 Å². The van der Waals surface area contributed by atoms with Gasteiger partial charge in [0.05, 0.1) is 5.57 Å². The fourth-order valence-electron chi connectivity index (χ4n) is 1.40. The summed E-state index contributed by atoms with van der Waals surface area (Å²) in [4.78, 5) is 0. The molecule has 0 aromatic heterocycles. The minimum atomic E-state index is -0.558. The van der Waals surface area contributed by atoms with E-state index in [-0.39, 0.29) is 0 Å². The fraction of sp³-hybridized carbons (Fsp3) is 0. The highest BCUT2D eigenvalue weighted by Crippen LogP contribution is 2.16. The van der Waals surface area contributed by atoms with Gasteiger partial charge in [-0.25, -0.2) is 8.78 Å². The number of halogens is 2. The average molecular weight is 203 g/mol. The Bertz CT molecular complexity index is 433. The van der Waals surface area contributed by atoms with E-state index in [4.69, 9.17) is 0 Å². The van der Waals surface area contributed by atoms with E-state index in [0.717, 1.165) is 11.6 Å². The van der Waals surface area contributed by atoms with Gasteiger partial charge in [0.2, 0.25) is 0 Å². The highest BCUT2D eigenvalue weighted by atomic mass is 19.1. The zero-order valence-electron chi connectivity index (χ0n) is 7.95. The van der Waals surface area contributed by atoms with Crippen LogP contribution in [-0.2, 0) is 0 Å². The van der Waals surface area contributed by atoms with Gasteiger partial charge in [0.1, 0.15) is 11.6 Å². The summed E-state index contributed by atoms with van der Waals surface area (Å²) in [6.07, 6.45) is 11.1. The molecule has 1 aliphatic carbocycles. The van der Waals surface area contributed by atoms with Crippen molar-refractivity contribution in [2.45, 2.75) is 0 Å². The van der Waals surface area contributed by atoms with Crippen LogP contribution in [0.15, 0.2) is 48.1 Å². The van der Waals surface area contributed by atoms with Crippen molar-refractivity contribution in [3.8, 4) is 0 Å². The Morgan fingerprint density at radius 3 is 2.33 bits per heavy atom. The van der Waals surface area contributed by atoms with Gasteiger partial charge in [0.15, 0.2) is 0 Å². The smallest absolute Gasteiger partial charge is 0.127 e. The first kappa shape index (κ1) is 9.71. The number of allylic oxidation sites excluding steroid dienone is 5. The Balaban J connectivity index is 2.30. The number of benzene rings is 1. The second kappa shape index (κ2) is 4.13. The second-order valence-corrected chi connectivity index (χ2v) is 3.26. The molecule has 0 bridgehead atoms. The summed E-state index contributed by atoms with van der Waals surface area (Å²) in [6, 6.07) is 3.47. The van der Waals surface area contributed by atoms with E-state index in [1.54, 1.807) is 6.08 Å². The molecular weight excluding hydrogens is 194 g/mol. The van der Waals surface area contributed by atoms with Gasteiger partial charge in [-0.1, -0.05) is 0 Å². The molecule has 0 fully saturated rings. The Kier molecular flexibility index (Phi) is 2.68. The monoisotopic (exact) mass is 203 g/mol. The molecule has 1 aliphatic rings. The highest BCUT2D eigenvalue weighted by molar-refractivity contribution is 5.60. The molecule has 74 valence electrons. The first-order valence-electron chi connectivity index (χ1n) is 4.60. The molecule has 0 atom stereocenters. The summed E-state index contributed by atoms with van der Waals surface area (Å²) in [5.74, 6) is -1.12. The lowest BCUT2D eigenvalue weighted by atomic mass is 10.0. The van der Waals surface area contributed by atoms with Gasteiger partial charge in [-0.3, -0.25) is 0 Å². The topological polar surface area (TPSA) is 0 Å². The second-order valence-electron chi connectivity index (χ2n) is 3.26. The molecule has 1 aromatic carbocycles. The van der Waals surface area contributed by atoms with Crippen LogP contribution in [0.3, 0.4) is 0 Å². The van der Waals surface area contributed by atoms with Gasteiger partial charge in [-0.15, -0.1) is 0 Å². The normalized spacial score (nSPS) is 16.8. The summed E-state index contributed by atoms with van der Waals surface area (Å²) in [5.41, 5.74) is 1.45. The van der Waals surface area contributed by atoms with E-state index in [1.807, 2.05) is 30.7 Å². The van der Waals surface area contributed by atoms with Gasteiger partial charge < -0.3 is 0 Å². The predicted octanol–water partition coefficient (Wildman–Crippen LogP) is 3.68. The Morgan fingerprint density at radius 1 is 1.00 bits per heavy atom. The van der Waals surface area contributed by atoms with E-state index in [9.17, 15) is 8.78 Å². The first-order valence-corrected chi connectivity index (χ1v) is 4.60. The van der Waals surface area contributed by atoms with Crippen molar-refractivity contribution in [2.75, 3.05) is 0 Å². The summed E-state index contributed by atoms with van der Waals surface area (Å²) < 4.78 is 25.7. The van der Waals surface area contributed by atoms with E-state index < -0.39 is 11.6 Å². The molecule has 0 spiro atoms. The lowest BCUT2D eigenvalue weighted by Gasteiger charge is -1.96. The minimum Gasteiger partial charge on any atom is -0.207 e. The first-order chi connectivity index (χ1) is 7.24. The maximum absolute atomic E-state index is 12.9. The van der Waals surface area contributed by atoms with Gasteiger partial charge >= 0.3 is 0 Å². The maximum atomic E-state index is 12.9. The van der Waals surface area contributed by atoms with Crippen LogP contribution in [0.5, 0.6) is 0 Å². The predicted molar refractivity (Wildman–Crippen MR) is 56.9 cm³/mol. The van der Waals surface area contributed by atoms with Crippen LogP contribution in [0.4, 0.5) is 8.78 Å². The number of hydrogen-bond donors (Lipinski definition) is 0. The van der Waals surface area contributed by atoms with Crippen molar-refractivity contribution < 1.29 is 8.78 Å². The van der Waals surface area contributed by atoms with Crippen LogP contribution in [0.1, 0.15) is 5.56 Å². The Labute approximate surface area is 87.2 Å². The zero-order valence-corrected chi connectivity index (χ0v) is 7.95. The van der Waals surface area contributed by atoms with E-state index in [0.29, 0.717) is 5.56 Å². The van der Waals surface area contributed by atoms with Gasteiger partial charge in [-0.05, 0) is 12.1 Å². The van der Waals surface area contributed by atoms with Gasteiger partial charge in [-0.2, -0.15) is 0 Å². The number of hydrogen-bond acceptors (Lipinski definition) is 0. The lowest BCUT2D eigenvalue weighted by Crippen LogP contribution is -1.85. The Hall–Kier alpha value is -1.83. The zero-order chi connectivity index (χ0) is 10.7. The summed E-state index contributed by atoms with van der Waals surface area (Å²) in [6.45, 7) is 0. The van der Waals surface area contributed by atoms with E-state index >= 15 is 0 Å². The van der Waals surface area contributed by atoms with Crippen molar-refractivity contribution in [3.05, 3.63) is 71.7 Å². The summed E-state index contributed by atoms with van der Waals surface area (Å²) >= 11 is 0. The lowest BCUT2D eigenvalue weighted by molar-refractivity contribution is 0.583. The maximum Gasteiger partial charge on any atom is 0.127 e. The largest absolute Gasteiger partial charge is 0.207 e. The number of rotatable bonds is 1. The molecular formula is C13H9F2+. The van der Waals surface area contributed by atoms with E-state index in [2.05, 4.69) is 0 Å². The molecule has 0 saturated heterocycles. The van der Waals surface area contributed by atoms with Crippen LogP contribution >= 0.6 is 0 Å². The van der Waals surface area contributed by atoms with Crippen molar-refractivity contribution in [1.29, 1.82) is 0 Å². The third-order valence-electron chi connectivity index (χ3n) is 2.02. The molecule has 0 heterocycles. The molecule has 2 rings (SSSR count). The molecule has 0 unspecified atom stereocenters. The standard InChI is InChI=1S/C13H9F2/c14-12-7-11(8-13(15)9-12)6-10-4-2-1-3-5-10/h1-9H/q+1. The van der Waals surface area contributed by atoms with Crippen LogP contribution in [0.25, 0.3) is 6.08 Å². The van der Waals surface area contributed by atoms with Crippen molar-refractivity contribution in [2.24, 2.45) is 0 Å². The molecule has 15 heavy (non-hydrogen) atoms. The third kappa shape index (κ3) is 2.56. The SMILES string of the molecule is Fc1cc(F)cc(/C=C2\C=CC=C[CH+]2)c1. The molecule has 0 saturated carbocycles. The molecule has 1 aromatic rings. The summed E-state index contributed by atoms with van der Waals surface area (Å²) in [5, 5.41) is 0. The van der Waals surface area contributed by atoms with E-state index in [1.165, 1.54) is 12.1 Å². The molecule has 0 nitrogen and oxygen atoms in total. The highest BCUT2D eigenvalue weighted by Gasteiger charge is 2.05. The van der Waals surface area contributed by atoms with Crippen LogP contribution in [-0.4, -0.2) is 0 Å². The van der Waals surface area contributed by atoms with Gasteiger partial charge in [0.25, 0.3) is 0 Å². The summed E-state index contributed by atoms with van der Waals surface area (Å²) in [7, 11) is 0. The molecule has 0 amide bonds.